The quantitative estimate of drug-likeness (QED) is 0.764. The molecule has 3 aromatic rings. The largest absolute Gasteiger partial charge is 0.361 e. The van der Waals surface area contributed by atoms with Gasteiger partial charge in [-0.2, -0.15) is 0 Å². The van der Waals surface area contributed by atoms with Crippen molar-refractivity contribution in [3.8, 4) is 0 Å². The van der Waals surface area contributed by atoms with Crippen LogP contribution in [0.15, 0.2) is 30.7 Å². The van der Waals surface area contributed by atoms with Crippen molar-refractivity contribution in [1.82, 2.24) is 30.0 Å². The maximum atomic E-state index is 12.3. The van der Waals surface area contributed by atoms with Crippen molar-refractivity contribution in [2.75, 3.05) is 13.1 Å². The first-order chi connectivity index (χ1) is 11.7. The topological polar surface area (TPSA) is 78.8 Å². The lowest BCUT2D eigenvalue weighted by Crippen LogP contribution is -2.44. The highest BCUT2D eigenvalue weighted by Gasteiger charge is 2.21. The average Bonchev–Trinajstić information content (AvgIpc) is 3.20. The number of aromatic nitrogens is 4. The molecule has 1 aliphatic heterocycles. The van der Waals surface area contributed by atoms with Crippen LogP contribution < -0.4 is 5.32 Å². The zero-order chi connectivity index (χ0) is 16.5. The maximum Gasteiger partial charge on any atom is 0.317 e. The molecule has 0 unspecified atom stereocenters. The van der Waals surface area contributed by atoms with Gasteiger partial charge in [-0.15, -0.1) is 10.2 Å². The molecule has 124 valence electrons. The third-order valence-electron chi connectivity index (χ3n) is 4.33. The summed E-state index contributed by atoms with van der Waals surface area (Å²) in [5, 5.41) is 12.7. The molecule has 0 fully saturated rings. The van der Waals surface area contributed by atoms with Crippen LogP contribution in [0.2, 0.25) is 5.02 Å². The molecule has 0 radical (unpaired) electrons. The Morgan fingerprint density at radius 2 is 2.29 bits per heavy atom. The van der Waals surface area contributed by atoms with Crippen LogP contribution in [0.1, 0.15) is 11.4 Å². The predicted octanol–water partition coefficient (Wildman–Crippen LogP) is 2.18. The number of carbonyl (C=O) groups is 1. The molecule has 7 nitrogen and oxygen atoms in total. The first-order valence-electron chi connectivity index (χ1n) is 7.86. The van der Waals surface area contributed by atoms with Crippen molar-refractivity contribution < 1.29 is 4.79 Å². The van der Waals surface area contributed by atoms with Gasteiger partial charge in [-0.3, -0.25) is 0 Å². The lowest BCUT2D eigenvalue weighted by Gasteiger charge is -2.27. The van der Waals surface area contributed by atoms with E-state index in [9.17, 15) is 4.79 Å². The molecule has 2 N–H and O–H groups in total. The van der Waals surface area contributed by atoms with Gasteiger partial charge in [0.1, 0.15) is 6.33 Å². The van der Waals surface area contributed by atoms with Gasteiger partial charge in [-0.25, -0.2) is 4.79 Å². The molecule has 24 heavy (non-hydrogen) atoms. The Balaban J connectivity index is 1.35. The molecule has 2 aromatic heterocycles. The van der Waals surface area contributed by atoms with Crippen LogP contribution in [0.3, 0.4) is 0 Å². The van der Waals surface area contributed by atoms with E-state index in [2.05, 4.69) is 20.5 Å². The standard InChI is InChI=1S/C16H17ClN6O/c17-12-1-2-14-13(7-12)11(8-19-14)3-4-18-16(24)22-5-6-23-10-20-21-15(23)9-22/h1-2,7-8,10,19H,3-6,9H2,(H,18,24). The summed E-state index contributed by atoms with van der Waals surface area (Å²) in [6, 6.07) is 5.70. The van der Waals surface area contributed by atoms with E-state index >= 15 is 0 Å². The minimum absolute atomic E-state index is 0.0675. The number of amides is 2. The number of H-pyrrole nitrogens is 1. The summed E-state index contributed by atoms with van der Waals surface area (Å²) < 4.78 is 1.97. The second-order valence-electron chi connectivity index (χ2n) is 5.85. The molecule has 4 rings (SSSR count). The first kappa shape index (κ1) is 15.0. The van der Waals surface area contributed by atoms with Gasteiger partial charge in [0.2, 0.25) is 0 Å². The van der Waals surface area contributed by atoms with Gasteiger partial charge < -0.3 is 19.8 Å². The summed E-state index contributed by atoms with van der Waals surface area (Å²) in [5.41, 5.74) is 2.20. The zero-order valence-electron chi connectivity index (χ0n) is 13.0. The summed E-state index contributed by atoms with van der Waals surface area (Å²) in [4.78, 5) is 17.3. The van der Waals surface area contributed by atoms with Crippen LogP contribution in [-0.2, 0) is 19.5 Å². The van der Waals surface area contributed by atoms with E-state index in [1.807, 2.05) is 29.0 Å². The Kier molecular flexibility index (Phi) is 3.86. The van der Waals surface area contributed by atoms with Gasteiger partial charge in [0, 0.05) is 41.8 Å². The van der Waals surface area contributed by atoms with E-state index in [-0.39, 0.29) is 6.03 Å². The van der Waals surface area contributed by atoms with E-state index in [4.69, 9.17) is 11.6 Å². The van der Waals surface area contributed by atoms with Crippen molar-refractivity contribution in [1.29, 1.82) is 0 Å². The predicted molar refractivity (Wildman–Crippen MR) is 90.8 cm³/mol. The van der Waals surface area contributed by atoms with Crippen LogP contribution in [0.25, 0.3) is 10.9 Å². The third kappa shape index (κ3) is 2.82. The van der Waals surface area contributed by atoms with Crippen molar-refractivity contribution in [3.63, 3.8) is 0 Å². The number of nitrogens with zero attached hydrogens (tertiary/aromatic N) is 4. The molecular weight excluding hydrogens is 328 g/mol. The number of hydrogen-bond acceptors (Lipinski definition) is 3. The monoisotopic (exact) mass is 344 g/mol. The van der Waals surface area contributed by atoms with Crippen molar-refractivity contribution >= 4 is 28.5 Å². The molecule has 2 amide bonds. The number of hydrogen-bond donors (Lipinski definition) is 2. The molecule has 3 heterocycles. The van der Waals surface area contributed by atoms with E-state index < -0.39 is 0 Å². The number of fused-ring (bicyclic) bond motifs is 2. The molecule has 0 aliphatic carbocycles. The lowest BCUT2D eigenvalue weighted by molar-refractivity contribution is 0.182. The van der Waals surface area contributed by atoms with Crippen molar-refractivity contribution in [2.24, 2.45) is 0 Å². The summed E-state index contributed by atoms with van der Waals surface area (Å²) in [6.45, 7) is 2.46. The molecule has 0 bridgehead atoms. The summed E-state index contributed by atoms with van der Waals surface area (Å²) in [7, 11) is 0. The van der Waals surface area contributed by atoms with Crippen molar-refractivity contribution in [2.45, 2.75) is 19.5 Å². The summed E-state index contributed by atoms with van der Waals surface area (Å²) in [6.07, 6.45) is 4.42. The molecular formula is C16H17ClN6O. The SMILES string of the molecule is O=C(NCCc1c[nH]c2ccc(Cl)cc12)N1CCn2cnnc2C1. The molecule has 0 spiro atoms. The number of benzene rings is 1. The third-order valence-corrected chi connectivity index (χ3v) is 4.56. The average molecular weight is 345 g/mol. The van der Waals surface area contributed by atoms with Gasteiger partial charge in [0.15, 0.2) is 5.82 Å². The minimum Gasteiger partial charge on any atom is -0.361 e. The van der Waals surface area contributed by atoms with Crippen LogP contribution in [-0.4, -0.2) is 43.8 Å². The lowest BCUT2D eigenvalue weighted by atomic mass is 10.1. The minimum atomic E-state index is -0.0675. The fourth-order valence-electron chi connectivity index (χ4n) is 3.01. The second kappa shape index (κ2) is 6.16. The highest BCUT2D eigenvalue weighted by atomic mass is 35.5. The van der Waals surface area contributed by atoms with Gasteiger partial charge in [-0.1, -0.05) is 11.6 Å². The highest BCUT2D eigenvalue weighted by Crippen LogP contribution is 2.22. The normalized spacial score (nSPS) is 14.0. The number of rotatable bonds is 3. The maximum absolute atomic E-state index is 12.3. The van der Waals surface area contributed by atoms with E-state index in [1.54, 1.807) is 11.2 Å². The van der Waals surface area contributed by atoms with E-state index in [0.29, 0.717) is 24.7 Å². The number of halogens is 1. The molecule has 0 atom stereocenters. The Morgan fingerprint density at radius 3 is 3.21 bits per heavy atom. The second-order valence-corrected chi connectivity index (χ2v) is 6.28. The van der Waals surface area contributed by atoms with E-state index in [0.717, 1.165) is 35.3 Å². The number of nitrogens with one attached hydrogen (secondary N) is 2. The van der Waals surface area contributed by atoms with Gasteiger partial charge in [-0.05, 0) is 30.2 Å². The molecule has 1 aromatic carbocycles. The Bertz CT molecular complexity index is 886. The van der Waals surface area contributed by atoms with Crippen molar-refractivity contribution in [3.05, 3.63) is 47.1 Å². The number of urea groups is 1. The van der Waals surface area contributed by atoms with Gasteiger partial charge in [0.25, 0.3) is 0 Å². The van der Waals surface area contributed by atoms with Gasteiger partial charge >= 0.3 is 6.03 Å². The Hall–Kier alpha value is -2.54. The smallest absolute Gasteiger partial charge is 0.317 e. The van der Waals surface area contributed by atoms with Crippen LogP contribution in [0.4, 0.5) is 4.79 Å². The van der Waals surface area contributed by atoms with Crippen LogP contribution >= 0.6 is 11.6 Å². The first-order valence-corrected chi connectivity index (χ1v) is 8.23. The van der Waals surface area contributed by atoms with E-state index in [1.165, 1.54) is 0 Å². The zero-order valence-corrected chi connectivity index (χ0v) is 13.8. The summed E-state index contributed by atoms with van der Waals surface area (Å²) >= 11 is 6.06. The number of carbonyl (C=O) groups excluding carboxylic acids is 1. The summed E-state index contributed by atoms with van der Waals surface area (Å²) in [5.74, 6) is 0.822. The van der Waals surface area contributed by atoms with Gasteiger partial charge in [0.05, 0.1) is 6.54 Å². The fraction of sp³-hybridized carbons (Fsp3) is 0.312. The molecule has 8 heteroatoms. The highest BCUT2D eigenvalue weighted by molar-refractivity contribution is 6.31. The van der Waals surface area contributed by atoms with Crippen LogP contribution in [0, 0.1) is 0 Å². The number of aromatic amines is 1. The molecule has 1 aliphatic rings. The Labute approximate surface area is 143 Å². The molecule has 0 saturated heterocycles. The van der Waals surface area contributed by atoms with Crippen LogP contribution in [0.5, 0.6) is 0 Å². The Morgan fingerprint density at radius 1 is 1.38 bits per heavy atom. The fourth-order valence-corrected chi connectivity index (χ4v) is 3.19. The molecule has 0 saturated carbocycles.